The third-order valence-electron chi connectivity index (χ3n) is 4.10. The molecule has 1 atom stereocenters. The first kappa shape index (κ1) is 23.8. The molecule has 1 aromatic heterocycles. The van der Waals surface area contributed by atoms with Crippen molar-refractivity contribution in [1.29, 1.82) is 0 Å². The minimum atomic E-state index is -4.56. The molecule has 0 fully saturated rings. The summed E-state index contributed by atoms with van der Waals surface area (Å²) in [7, 11) is -3.21. The standard InChI is InChI=1S/C18H23ClNO7PS/c1-3-20(17(18(21)25-2)14-6-4-5-7-15(14)19)11-10-13-8-9-16(29-13)26-12-27-28(22,23)24/h4-9,17H,3,10-12H2,1-2H3,(H2,22,23,24). The Bertz CT molecular complexity index is 856. The number of esters is 1. The molecule has 11 heteroatoms. The van der Waals surface area contributed by atoms with Crippen molar-refractivity contribution in [2.75, 3.05) is 27.0 Å². The fourth-order valence-corrected chi connectivity index (χ4v) is 3.99. The largest absolute Gasteiger partial charge is 0.472 e. The summed E-state index contributed by atoms with van der Waals surface area (Å²) in [5, 5.41) is 0.977. The molecule has 8 nitrogen and oxygen atoms in total. The number of hydrogen-bond donors (Lipinski definition) is 2. The molecule has 0 spiro atoms. The number of likely N-dealkylation sites (N-methyl/N-ethyl adjacent to an activating group) is 1. The van der Waals surface area contributed by atoms with Crippen LogP contribution in [-0.2, 0) is 25.0 Å². The van der Waals surface area contributed by atoms with Gasteiger partial charge in [-0.3, -0.25) is 4.90 Å². The van der Waals surface area contributed by atoms with Gasteiger partial charge in [0.25, 0.3) is 0 Å². The third-order valence-corrected chi connectivity index (χ3v) is 5.94. The Morgan fingerprint density at radius 1 is 1.28 bits per heavy atom. The van der Waals surface area contributed by atoms with Crippen LogP contribution >= 0.6 is 30.8 Å². The number of methoxy groups -OCH3 is 1. The molecule has 0 aliphatic rings. The zero-order valence-corrected chi connectivity index (χ0v) is 18.5. The normalized spacial score (nSPS) is 12.8. The molecule has 29 heavy (non-hydrogen) atoms. The molecule has 0 aliphatic heterocycles. The van der Waals surface area contributed by atoms with Gasteiger partial charge in [-0.05, 0) is 36.7 Å². The van der Waals surface area contributed by atoms with E-state index in [1.165, 1.54) is 18.4 Å². The van der Waals surface area contributed by atoms with Crippen LogP contribution in [0.1, 0.15) is 23.4 Å². The first-order valence-electron chi connectivity index (χ1n) is 8.73. The van der Waals surface area contributed by atoms with Gasteiger partial charge in [0.15, 0.2) is 5.06 Å². The number of phosphoric ester groups is 1. The van der Waals surface area contributed by atoms with Gasteiger partial charge >= 0.3 is 13.8 Å². The van der Waals surface area contributed by atoms with Crippen LogP contribution < -0.4 is 4.74 Å². The molecule has 1 unspecified atom stereocenters. The van der Waals surface area contributed by atoms with Gasteiger partial charge < -0.3 is 19.3 Å². The van der Waals surface area contributed by atoms with Crippen molar-refractivity contribution in [3.05, 3.63) is 51.9 Å². The smallest absolute Gasteiger partial charge is 0.468 e. The van der Waals surface area contributed by atoms with E-state index >= 15 is 0 Å². The van der Waals surface area contributed by atoms with Gasteiger partial charge in [0.05, 0.1) is 7.11 Å². The van der Waals surface area contributed by atoms with E-state index in [0.29, 0.717) is 35.2 Å². The minimum absolute atomic E-state index is 0.385. The van der Waals surface area contributed by atoms with E-state index in [1.807, 2.05) is 30.0 Å². The van der Waals surface area contributed by atoms with E-state index in [4.69, 9.17) is 30.9 Å². The number of benzene rings is 1. The summed E-state index contributed by atoms with van der Waals surface area (Å²) in [5.74, 6) is -0.385. The number of rotatable bonds is 11. The summed E-state index contributed by atoms with van der Waals surface area (Å²) in [5.41, 5.74) is 0.688. The van der Waals surface area contributed by atoms with Crippen LogP contribution in [-0.4, -0.2) is 47.6 Å². The minimum Gasteiger partial charge on any atom is -0.468 e. The number of carbonyl (C=O) groups is 1. The second-order valence-corrected chi connectivity index (χ2v) is 8.71. The van der Waals surface area contributed by atoms with E-state index in [9.17, 15) is 9.36 Å². The number of thiophene rings is 1. The maximum Gasteiger partial charge on any atom is 0.472 e. The van der Waals surface area contributed by atoms with Crippen molar-refractivity contribution >= 4 is 36.7 Å². The molecular formula is C18H23ClNO7PS. The van der Waals surface area contributed by atoms with Crippen molar-refractivity contribution in [1.82, 2.24) is 4.90 Å². The molecule has 2 N–H and O–H groups in total. The second-order valence-electron chi connectivity index (χ2n) is 5.93. The van der Waals surface area contributed by atoms with Crippen LogP contribution in [0.15, 0.2) is 36.4 Å². The number of halogens is 1. The summed E-state index contributed by atoms with van der Waals surface area (Å²) >= 11 is 7.64. The number of phosphoric acid groups is 1. The average molecular weight is 464 g/mol. The quantitative estimate of drug-likeness (QED) is 0.296. The van der Waals surface area contributed by atoms with Crippen LogP contribution in [0.2, 0.25) is 5.02 Å². The Morgan fingerprint density at radius 2 is 2.00 bits per heavy atom. The topological polar surface area (TPSA) is 106 Å². The summed E-state index contributed by atoms with van der Waals surface area (Å²) in [6.07, 6.45) is 0.638. The number of hydrogen-bond acceptors (Lipinski definition) is 7. The highest BCUT2D eigenvalue weighted by atomic mass is 35.5. The monoisotopic (exact) mass is 463 g/mol. The van der Waals surface area contributed by atoms with Crippen LogP contribution in [0.4, 0.5) is 0 Å². The summed E-state index contributed by atoms with van der Waals surface area (Å²) in [6.45, 7) is 2.59. The highest BCUT2D eigenvalue weighted by Crippen LogP contribution is 2.36. The first-order valence-corrected chi connectivity index (χ1v) is 11.5. The first-order chi connectivity index (χ1) is 13.7. The van der Waals surface area contributed by atoms with Crippen LogP contribution in [0.5, 0.6) is 5.06 Å². The van der Waals surface area contributed by atoms with Gasteiger partial charge in [-0.1, -0.05) is 36.7 Å². The Labute approximate surface area is 178 Å². The lowest BCUT2D eigenvalue weighted by atomic mass is 10.0. The van der Waals surface area contributed by atoms with Crippen molar-refractivity contribution in [2.24, 2.45) is 0 Å². The molecule has 0 saturated heterocycles. The molecule has 0 aliphatic carbocycles. The molecule has 0 bridgehead atoms. The number of nitrogens with zero attached hydrogens (tertiary/aromatic N) is 1. The summed E-state index contributed by atoms with van der Waals surface area (Å²) in [4.78, 5) is 32.7. The molecule has 1 aromatic carbocycles. The zero-order chi connectivity index (χ0) is 21.4. The van der Waals surface area contributed by atoms with E-state index in [0.717, 1.165) is 4.88 Å². The SMILES string of the molecule is CCN(CCc1ccc(OCOP(=O)(O)O)s1)C(C(=O)OC)c1ccccc1Cl. The molecular weight excluding hydrogens is 441 g/mol. The lowest BCUT2D eigenvalue weighted by Gasteiger charge is -2.29. The van der Waals surface area contributed by atoms with E-state index < -0.39 is 20.7 Å². The van der Waals surface area contributed by atoms with E-state index in [-0.39, 0.29) is 5.97 Å². The summed E-state index contributed by atoms with van der Waals surface area (Å²) < 4.78 is 25.1. The predicted octanol–water partition coefficient (Wildman–Crippen LogP) is 3.63. The molecule has 2 aromatic rings. The van der Waals surface area contributed by atoms with Gasteiger partial charge in [-0.2, -0.15) is 0 Å². The molecule has 0 amide bonds. The molecule has 0 radical (unpaired) electrons. The van der Waals surface area contributed by atoms with Crippen LogP contribution in [0.3, 0.4) is 0 Å². The number of carbonyl (C=O) groups excluding carboxylic acids is 1. The highest BCUT2D eigenvalue weighted by molar-refractivity contribution is 7.46. The molecule has 0 saturated carbocycles. The zero-order valence-electron chi connectivity index (χ0n) is 16.0. The second kappa shape index (κ2) is 11.1. The maximum atomic E-state index is 12.5. The van der Waals surface area contributed by atoms with Crippen molar-refractivity contribution in [2.45, 2.75) is 19.4 Å². The molecule has 2 rings (SSSR count). The van der Waals surface area contributed by atoms with Crippen LogP contribution in [0, 0.1) is 0 Å². The van der Waals surface area contributed by atoms with E-state index in [1.54, 1.807) is 18.2 Å². The van der Waals surface area contributed by atoms with Crippen molar-refractivity contribution in [3.8, 4) is 5.06 Å². The summed E-state index contributed by atoms with van der Waals surface area (Å²) in [6, 6.07) is 10.1. The molecule has 160 valence electrons. The maximum absolute atomic E-state index is 12.5. The van der Waals surface area contributed by atoms with Gasteiger partial charge in [0, 0.05) is 16.4 Å². The van der Waals surface area contributed by atoms with Gasteiger partial charge in [0.2, 0.25) is 6.79 Å². The van der Waals surface area contributed by atoms with Gasteiger partial charge in [-0.15, -0.1) is 11.3 Å². The molecule has 1 heterocycles. The third kappa shape index (κ3) is 7.38. The predicted molar refractivity (Wildman–Crippen MR) is 110 cm³/mol. The van der Waals surface area contributed by atoms with Crippen LogP contribution in [0.25, 0.3) is 0 Å². The Balaban J connectivity index is 2.04. The highest BCUT2D eigenvalue weighted by Gasteiger charge is 2.29. The lowest BCUT2D eigenvalue weighted by molar-refractivity contribution is -0.147. The lowest BCUT2D eigenvalue weighted by Crippen LogP contribution is -2.36. The number of ether oxygens (including phenoxy) is 2. The van der Waals surface area contributed by atoms with Crippen molar-refractivity contribution < 1.29 is 33.1 Å². The van der Waals surface area contributed by atoms with Crippen molar-refractivity contribution in [3.63, 3.8) is 0 Å². The Kier molecular flexibility index (Phi) is 9.10. The fourth-order valence-electron chi connectivity index (χ4n) is 2.73. The fraction of sp³-hybridized carbons (Fsp3) is 0.389. The Hall–Kier alpha value is -1.45. The Morgan fingerprint density at radius 3 is 2.62 bits per heavy atom. The van der Waals surface area contributed by atoms with E-state index in [2.05, 4.69) is 4.52 Å². The van der Waals surface area contributed by atoms with Gasteiger partial charge in [-0.25, -0.2) is 13.9 Å². The van der Waals surface area contributed by atoms with Gasteiger partial charge in [0.1, 0.15) is 6.04 Å². The average Bonchev–Trinajstić information content (AvgIpc) is 3.12.